The van der Waals surface area contributed by atoms with Crippen molar-refractivity contribution in [2.24, 2.45) is 0 Å². The van der Waals surface area contributed by atoms with Crippen molar-refractivity contribution in [2.75, 3.05) is 20.6 Å². The van der Waals surface area contributed by atoms with Crippen molar-refractivity contribution in [1.82, 2.24) is 15.2 Å². The van der Waals surface area contributed by atoms with Gasteiger partial charge in [-0.15, -0.1) is 0 Å². The van der Waals surface area contributed by atoms with E-state index in [0.29, 0.717) is 12.2 Å². The van der Waals surface area contributed by atoms with Crippen molar-refractivity contribution < 1.29 is 22.6 Å². The topological polar surface area (TPSA) is 106 Å². The molecule has 0 aliphatic carbocycles. The Balaban J connectivity index is 1.85. The average molecular weight is 396 g/mol. The molecule has 1 aromatic heterocycles. The number of rotatable bonds is 9. The maximum atomic E-state index is 12.3. The molecule has 8 nitrogen and oxygen atoms in total. The molecule has 0 radical (unpaired) electrons. The van der Waals surface area contributed by atoms with Crippen LogP contribution in [0.25, 0.3) is 0 Å². The number of hydrogen-bond acceptors (Lipinski definition) is 5. The van der Waals surface area contributed by atoms with Crippen LogP contribution in [0.2, 0.25) is 0 Å². The van der Waals surface area contributed by atoms with Gasteiger partial charge in [-0.1, -0.05) is 29.4 Å². The van der Waals surface area contributed by atoms with Crippen molar-refractivity contribution in [3.05, 3.63) is 46.8 Å². The van der Waals surface area contributed by atoms with E-state index < -0.39 is 10.0 Å². The Kier molecular flexibility index (Phi) is 7.11. The lowest BCUT2D eigenvalue weighted by Crippen LogP contribution is -3.04. The molecule has 0 saturated carbocycles. The van der Waals surface area contributed by atoms with Crippen molar-refractivity contribution in [2.45, 2.75) is 38.3 Å². The Hall–Kier alpha value is -2.23. The summed E-state index contributed by atoms with van der Waals surface area (Å²) in [5, 5.41) is 6.48. The zero-order valence-corrected chi connectivity index (χ0v) is 16.9. The quantitative estimate of drug-likeness (QED) is 0.551. The second-order valence-electron chi connectivity index (χ2n) is 6.73. The fraction of sp³-hybridized carbons (Fsp3) is 0.444. The number of nitrogens with zero attached hydrogens (tertiary/aromatic N) is 1. The van der Waals surface area contributed by atoms with Gasteiger partial charge in [-0.25, -0.2) is 13.1 Å². The van der Waals surface area contributed by atoms with Gasteiger partial charge in [-0.3, -0.25) is 4.79 Å². The molecule has 0 bridgehead atoms. The molecule has 0 atom stereocenters. The number of aromatic nitrogens is 1. The summed E-state index contributed by atoms with van der Waals surface area (Å²) in [6, 6.07) is 7.95. The van der Waals surface area contributed by atoms with Crippen LogP contribution in [0.5, 0.6) is 0 Å². The molecule has 148 valence electrons. The first kappa shape index (κ1) is 21.1. The monoisotopic (exact) mass is 395 g/mol. The first-order valence-electron chi connectivity index (χ1n) is 8.75. The van der Waals surface area contributed by atoms with E-state index in [2.05, 4.69) is 29.3 Å². The van der Waals surface area contributed by atoms with E-state index in [0.717, 1.165) is 12.1 Å². The second-order valence-corrected chi connectivity index (χ2v) is 8.43. The summed E-state index contributed by atoms with van der Waals surface area (Å²) < 4.78 is 31.9. The maximum absolute atomic E-state index is 12.3. The van der Waals surface area contributed by atoms with E-state index in [1.165, 1.54) is 17.4 Å². The minimum absolute atomic E-state index is 0.00171. The Morgan fingerprint density at radius 1 is 1.19 bits per heavy atom. The van der Waals surface area contributed by atoms with Gasteiger partial charge in [0.15, 0.2) is 5.76 Å². The maximum Gasteiger partial charge on any atom is 0.245 e. The van der Waals surface area contributed by atoms with Gasteiger partial charge in [0.05, 0.1) is 14.1 Å². The Bertz CT molecular complexity index is 871. The molecule has 1 heterocycles. The molecule has 2 rings (SSSR count). The number of hydrogen-bond donors (Lipinski definition) is 3. The summed E-state index contributed by atoms with van der Waals surface area (Å²) in [7, 11) is 0.389. The first-order valence-corrected chi connectivity index (χ1v) is 10.2. The fourth-order valence-corrected chi connectivity index (χ4v) is 4.15. The zero-order valence-electron chi connectivity index (χ0n) is 16.1. The van der Waals surface area contributed by atoms with Crippen LogP contribution in [0, 0.1) is 13.8 Å². The highest BCUT2D eigenvalue weighted by Crippen LogP contribution is 2.18. The third-order valence-electron chi connectivity index (χ3n) is 4.02. The summed E-state index contributed by atoms with van der Waals surface area (Å²) in [6.07, 6.45) is 0.0453. The van der Waals surface area contributed by atoms with E-state index in [1.807, 2.05) is 24.3 Å². The number of sulfonamides is 1. The van der Waals surface area contributed by atoms with E-state index in [9.17, 15) is 13.2 Å². The standard InChI is InChI=1S/C18H26N4O4S/c1-13-18(14(2)26-21-13)27(24,25)20-10-9-17(23)19-11-15-7-5-6-8-16(15)12-22(3)4/h5-8,20H,9-12H2,1-4H3,(H,19,23)/p+1. The second kappa shape index (κ2) is 9.12. The van der Waals surface area contributed by atoms with Crippen LogP contribution in [0.15, 0.2) is 33.7 Å². The van der Waals surface area contributed by atoms with Crippen LogP contribution in [0.1, 0.15) is 29.0 Å². The number of amides is 1. The predicted molar refractivity (Wildman–Crippen MR) is 101 cm³/mol. The molecule has 3 N–H and O–H groups in total. The molecular weight excluding hydrogens is 368 g/mol. The highest BCUT2D eigenvalue weighted by Gasteiger charge is 2.23. The minimum Gasteiger partial charge on any atom is -0.360 e. The molecule has 27 heavy (non-hydrogen) atoms. The fourth-order valence-electron chi connectivity index (χ4n) is 2.79. The molecule has 0 fully saturated rings. The van der Waals surface area contributed by atoms with Gasteiger partial charge in [0.2, 0.25) is 15.9 Å². The summed E-state index contributed by atoms with van der Waals surface area (Å²) in [6.45, 7) is 4.38. The van der Waals surface area contributed by atoms with E-state index in [1.54, 1.807) is 6.92 Å². The molecule has 0 spiro atoms. The number of aryl methyl sites for hydroxylation is 2. The predicted octanol–water partition coefficient (Wildman–Crippen LogP) is -0.0793. The lowest BCUT2D eigenvalue weighted by molar-refractivity contribution is -0.872. The molecular formula is C18H27N4O4S+. The third kappa shape index (κ3) is 5.88. The van der Waals surface area contributed by atoms with Crippen molar-refractivity contribution >= 4 is 15.9 Å². The number of nitrogens with one attached hydrogen (secondary N) is 3. The number of carbonyl (C=O) groups is 1. The van der Waals surface area contributed by atoms with Gasteiger partial charge < -0.3 is 14.7 Å². The minimum atomic E-state index is -3.75. The molecule has 0 unspecified atom stereocenters. The summed E-state index contributed by atoms with van der Waals surface area (Å²) in [4.78, 5) is 13.4. The normalized spacial score (nSPS) is 11.7. The van der Waals surface area contributed by atoms with Gasteiger partial charge in [0.25, 0.3) is 0 Å². The SMILES string of the molecule is Cc1noc(C)c1S(=O)(=O)NCCC(=O)NCc1ccccc1C[NH+](C)C. The number of quaternary nitrogens is 1. The van der Waals surface area contributed by atoms with Crippen LogP contribution in [-0.4, -0.2) is 40.1 Å². The van der Waals surface area contributed by atoms with Crippen molar-refractivity contribution in [3.63, 3.8) is 0 Å². The van der Waals surface area contributed by atoms with Gasteiger partial charge in [0, 0.05) is 25.1 Å². The van der Waals surface area contributed by atoms with Gasteiger partial charge in [0.1, 0.15) is 17.1 Å². The van der Waals surface area contributed by atoms with E-state index in [-0.39, 0.29) is 29.5 Å². The van der Waals surface area contributed by atoms with Crippen LogP contribution < -0.4 is 14.9 Å². The van der Waals surface area contributed by atoms with Gasteiger partial charge in [-0.05, 0) is 19.4 Å². The summed E-state index contributed by atoms with van der Waals surface area (Å²) in [5.74, 6) is 0.00699. The zero-order chi connectivity index (χ0) is 20.0. The average Bonchev–Trinajstić information content (AvgIpc) is 2.93. The largest absolute Gasteiger partial charge is 0.360 e. The van der Waals surface area contributed by atoms with E-state index in [4.69, 9.17) is 4.52 Å². The van der Waals surface area contributed by atoms with Crippen molar-refractivity contribution in [1.29, 1.82) is 0 Å². The van der Waals surface area contributed by atoms with Crippen LogP contribution >= 0.6 is 0 Å². The molecule has 0 aliphatic heterocycles. The molecule has 1 amide bonds. The number of carbonyl (C=O) groups excluding carboxylic acids is 1. The molecule has 0 aliphatic rings. The van der Waals surface area contributed by atoms with Crippen LogP contribution in [0.3, 0.4) is 0 Å². The Morgan fingerprint density at radius 3 is 2.44 bits per heavy atom. The Morgan fingerprint density at radius 2 is 1.85 bits per heavy atom. The molecule has 1 aromatic carbocycles. The smallest absolute Gasteiger partial charge is 0.245 e. The van der Waals surface area contributed by atoms with E-state index >= 15 is 0 Å². The highest BCUT2D eigenvalue weighted by atomic mass is 32.2. The van der Waals surface area contributed by atoms with Crippen LogP contribution in [0.4, 0.5) is 0 Å². The first-order chi connectivity index (χ1) is 12.7. The molecule has 2 aromatic rings. The molecule has 9 heteroatoms. The lowest BCUT2D eigenvalue weighted by Gasteiger charge is -2.13. The number of benzene rings is 1. The van der Waals surface area contributed by atoms with Crippen molar-refractivity contribution in [3.8, 4) is 0 Å². The summed E-state index contributed by atoms with van der Waals surface area (Å²) >= 11 is 0. The summed E-state index contributed by atoms with van der Waals surface area (Å²) in [5.41, 5.74) is 2.53. The Labute approximate surface area is 160 Å². The van der Waals surface area contributed by atoms with Crippen LogP contribution in [-0.2, 0) is 27.9 Å². The van der Waals surface area contributed by atoms with Gasteiger partial charge >= 0.3 is 0 Å². The molecule has 0 saturated heterocycles. The lowest BCUT2D eigenvalue weighted by atomic mass is 10.1. The van der Waals surface area contributed by atoms with Gasteiger partial charge in [-0.2, -0.15) is 0 Å². The highest BCUT2D eigenvalue weighted by molar-refractivity contribution is 7.89. The third-order valence-corrected chi connectivity index (χ3v) is 5.72.